The molecule has 1 aliphatic rings. The highest BCUT2D eigenvalue weighted by atomic mass is 28.4. The maximum absolute atomic E-state index is 14.8. The first-order valence-electron chi connectivity index (χ1n) is 18.7. The van der Waals surface area contributed by atoms with Crippen molar-refractivity contribution in [2.75, 3.05) is 0 Å². The molecule has 0 spiro atoms. The molecule has 0 bridgehead atoms. The van der Waals surface area contributed by atoms with Gasteiger partial charge in [-0.2, -0.15) is 0 Å². The van der Waals surface area contributed by atoms with Crippen LogP contribution in [0, 0.1) is 17.3 Å². The summed E-state index contributed by atoms with van der Waals surface area (Å²) in [7, 11) is -6.68. The topological polar surface area (TPSA) is 71.1 Å². The predicted molar refractivity (Wildman–Crippen MR) is 211 cm³/mol. The Morgan fingerprint density at radius 3 is 1.75 bits per heavy atom. The highest BCUT2D eigenvalue weighted by Gasteiger charge is 2.50. The lowest BCUT2D eigenvalue weighted by atomic mass is 9.73. The number of allylic oxidation sites excluding steroid dienone is 1. The number of ketones is 1. The lowest BCUT2D eigenvalue weighted by molar-refractivity contribution is -0.158. The van der Waals surface area contributed by atoms with E-state index in [1.54, 1.807) is 0 Å². The van der Waals surface area contributed by atoms with E-state index in [-0.39, 0.29) is 57.3 Å². The van der Waals surface area contributed by atoms with Gasteiger partial charge in [0.25, 0.3) is 0 Å². The Morgan fingerprint density at radius 1 is 0.792 bits per heavy atom. The van der Waals surface area contributed by atoms with Crippen LogP contribution in [0.4, 0.5) is 0 Å². The number of carbonyl (C=O) groups is 2. The number of cyclic esters (lactones) is 1. The quantitative estimate of drug-likeness (QED) is 0.148. The van der Waals surface area contributed by atoms with Crippen molar-refractivity contribution < 1.29 is 27.6 Å². The molecule has 0 amide bonds. The van der Waals surface area contributed by atoms with Crippen LogP contribution in [0.2, 0.25) is 54.4 Å². The van der Waals surface area contributed by atoms with Crippen molar-refractivity contribution in [3.05, 3.63) is 12.2 Å². The smallest absolute Gasteiger partial charge is 0.308 e. The predicted octanol–water partition coefficient (Wildman–Crippen LogP) is 11.5. The minimum absolute atomic E-state index is 0.00824. The van der Waals surface area contributed by atoms with Gasteiger partial charge in [-0.05, 0) is 86.5 Å². The first kappa shape index (κ1) is 45.4. The van der Waals surface area contributed by atoms with Gasteiger partial charge in [0.05, 0.1) is 24.7 Å². The van der Waals surface area contributed by atoms with Gasteiger partial charge in [-0.3, -0.25) is 9.59 Å². The standard InChI is InChI=1S/C39H78O6Si3/c1-28-25-23-21-22-24-26-31(30(3)43-46(15,16)36(4,5)6)42-33(40)27-32(44-47(17,18)37(7,8)9)39(13,14)35(41)29(2)34(28)45-48(19,20)38(10,11)12/h22,24,28-32,34H,21,23,25-27H2,1-20H3/b24-22-/t28-,29+,30?,31-,32-,34-/m0/s1. The second kappa shape index (κ2) is 16.4. The van der Waals surface area contributed by atoms with Gasteiger partial charge in [0.2, 0.25) is 0 Å². The van der Waals surface area contributed by atoms with E-state index in [4.69, 9.17) is 18.0 Å². The second-order valence-electron chi connectivity index (χ2n) is 20.0. The number of ether oxygens (including phenoxy) is 1. The Hall–Kier alpha value is -0.589. The number of hydrogen-bond donors (Lipinski definition) is 0. The normalized spacial score (nSPS) is 28.1. The summed E-state index contributed by atoms with van der Waals surface area (Å²) in [5.74, 6) is -0.413. The maximum atomic E-state index is 14.8. The Kier molecular flexibility index (Phi) is 15.5. The third-order valence-corrected chi connectivity index (χ3v) is 25.9. The molecule has 6 nitrogen and oxygen atoms in total. The molecule has 0 saturated heterocycles. The maximum Gasteiger partial charge on any atom is 0.308 e. The van der Waals surface area contributed by atoms with Gasteiger partial charge in [-0.1, -0.05) is 102 Å². The van der Waals surface area contributed by atoms with Gasteiger partial charge in [-0.25, -0.2) is 0 Å². The Morgan fingerprint density at radius 2 is 1.27 bits per heavy atom. The van der Waals surface area contributed by atoms with E-state index in [2.05, 4.69) is 121 Å². The van der Waals surface area contributed by atoms with E-state index < -0.39 is 42.6 Å². The van der Waals surface area contributed by atoms with E-state index in [1.807, 2.05) is 27.7 Å². The van der Waals surface area contributed by atoms with Crippen LogP contribution in [-0.2, 0) is 27.6 Å². The van der Waals surface area contributed by atoms with Crippen LogP contribution in [0.25, 0.3) is 0 Å². The molecule has 0 aromatic heterocycles. The van der Waals surface area contributed by atoms with Crippen molar-refractivity contribution in [1.82, 2.24) is 0 Å². The molecular weight excluding hydrogens is 649 g/mol. The lowest BCUT2D eigenvalue weighted by Gasteiger charge is -2.46. The zero-order valence-electron chi connectivity index (χ0n) is 35.1. The third kappa shape index (κ3) is 12.0. The average Bonchev–Trinajstić information content (AvgIpc) is 2.88. The van der Waals surface area contributed by atoms with Gasteiger partial charge >= 0.3 is 5.97 Å². The summed E-state index contributed by atoms with van der Waals surface area (Å²) in [5, 5.41) is -0.0492. The molecule has 0 aromatic carbocycles. The first-order valence-corrected chi connectivity index (χ1v) is 27.4. The van der Waals surface area contributed by atoms with Crippen LogP contribution >= 0.6 is 0 Å². The fraction of sp³-hybridized carbons (Fsp3) is 0.897. The summed E-state index contributed by atoms with van der Waals surface area (Å²) >= 11 is 0. The minimum atomic E-state index is -2.39. The van der Waals surface area contributed by atoms with Crippen LogP contribution in [0.15, 0.2) is 12.2 Å². The van der Waals surface area contributed by atoms with Gasteiger partial charge in [0.15, 0.2) is 25.0 Å². The summed E-state index contributed by atoms with van der Waals surface area (Å²) in [6.45, 7) is 43.7. The monoisotopic (exact) mass is 727 g/mol. The molecule has 9 heteroatoms. The van der Waals surface area contributed by atoms with Crippen LogP contribution < -0.4 is 0 Å². The third-order valence-electron chi connectivity index (χ3n) is 12.4. The zero-order chi connectivity index (χ0) is 37.9. The van der Waals surface area contributed by atoms with Gasteiger partial charge < -0.3 is 18.0 Å². The molecule has 0 fully saturated rings. The van der Waals surface area contributed by atoms with E-state index >= 15 is 0 Å². The summed E-state index contributed by atoms with van der Waals surface area (Å²) in [6, 6.07) is 0. The largest absolute Gasteiger partial charge is 0.459 e. The molecule has 6 atom stereocenters. The SMILES string of the molecule is CC(O[Si](C)(C)C(C)(C)C)[C@@H]1C/C=C\CCC[C@H](C)[C@H](O[Si](C)(C)C(C)(C)C)[C@@H](C)C(=O)C(C)(C)[C@@H](O[Si](C)(C)C(C)(C)C)CC(=O)O1. The van der Waals surface area contributed by atoms with Gasteiger partial charge in [0, 0.05) is 17.8 Å². The summed E-state index contributed by atoms with van der Waals surface area (Å²) in [6.07, 6.45) is 6.31. The molecule has 0 N–H and O–H groups in total. The molecule has 48 heavy (non-hydrogen) atoms. The summed E-state index contributed by atoms with van der Waals surface area (Å²) in [4.78, 5) is 28.8. The van der Waals surface area contributed by atoms with E-state index in [9.17, 15) is 9.59 Å². The lowest BCUT2D eigenvalue weighted by Crippen LogP contribution is -2.54. The summed E-state index contributed by atoms with van der Waals surface area (Å²) < 4.78 is 27.2. The van der Waals surface area contributed by atoms with E-state index in [1.165, 1.54) is 0 Å². The average molecular weight is 727 g/mol. The van der Waals surface area contributed by atoms with Gasteiger partial charge in [0.1, 0.15) is 11.9 Å². The molecule has 0 aliphatic carbocycles. The molecule has 1 unspecified atom stereocenters. The highest BCUT2D eigenvalue weighted by Crippen LogP contribution is 2.44. The fourth-order valence-corrected chi connectivity index (χ4v) is 9.94. The fourth-order valence-electron chi connectivity index (χ4n) is 5.59. The van der Waals surface area contributed by atoms with Gasteiger partial charge in [-0.15, -0.1) is 0 Å². The first-order chi connectivity index (χ1) is 21.3. The van der Waals surface area contributed by atoms with Crippen molar-refractivity contribution >= 4 is 36.7 Å². The van der Waals surface area contributed by atoms with Crippen molar-refractivity contribution in [1.29, 1.82) is 0 Å². The van der Waals surface area contributed by atoms with Crippen molar-refractivity contribution in [3.8, 4) is 0 Å². The Balaban J connectivity index is 3.72. The summed E-state index contributed by atoms with van der Waals surface area (Å²) in [5.41, 5.74) is -0.946. The molecule has 0 aromatic rings. The van der Waals surface area contributed by atoms with Crippen molar-refractivity contribution in [2.24, 2.45) is 17.3 Å². The van der Waals surface area contributed by atoms with Crippen molar-refractivity contribution in [2.45, 2.75) is 208 Å². The Labute approximate surface area is 300 Å². The minimum Gasteiger partial charge on any atom is -0.459 e. The number of hydrogen-bond acceptors (Lipinski definition) is 6. The molecule has 1 heterocycles. The molecule has 1 rings (SSSR count). The molecule has 0 saturated carbocycles. The molecule has 282 valence electrons. The Bertz CT molecular complexity index is 1090. The highest BCUT2D eigenvalue weighted by molar-refractivity contribution is 6.75. The van der Waals surface area contributed by atoms with Crippen LogP contribution in [0.1, 0.15) is 129 Å². The molecule has 1 aliphatic heterocycles. The molecular formula is C39H78O6Si3. The number of rotatable bonds is 7. The molecule has 0 radical (unpaired) electrons. The number of esters is 1. The van der Waals surface area contributed by atoms with Crippen LogP contribution in [0.5, 0.6) is 0 Å². The van der Waals surface area contributed by atoms with Crippen LogP contribution in [0.3, 0.4) is 0 Å². The zero-order valence-corrected chi connectivity index (χ0v) is 38.1. The van der Waals surface area contributed by atoms with E-state index in [0.29, 0.717) is 6.42 Å². The van der Waals surface area contributed by atoms with E-state index in [0.717, 1.165) is 19.3 Å². The number of carbonyl (C=O) groups excluding carboxylic acids is 2. The van der Waals surface area contributed by atoms with Crippen molar-refractivity contribution in [3.63, 3.8) is 0 Å². The second-order valence-corrected chi connectivity index (χ2v) is 34.3. The van der Waals surface area contributed by atoms with Crippen LogP contribution in [-0.4, -0.2) is 61.1 Å². The number of Topliss-reactive ketones (excluding diaryl/α,β-unsaturated/α-hetero) is 1.